The van der Waals surface area contributed by atoms with Crippen LogP contribution in [0.15, 0.2) is 18.2 Å². The molecule has 0 heterocycles. The van der Waals surface area contributed by atoms with Crippen molar-refractivity contribution < 1.29 is 0 Å². The van der Waals surface area contributed by atoms with Crippen molar-refractivity contribution in [1.82, 2.24) is 0 Å². The van der Waals surface area contributed by atoms with Gasteiger partial charge in [0.25, 0.3) is 0 Å². The summed E-state index contributed by atoms with van der Waals surface area (Å²) in [6.45, 7) is 2.03. The number of nitrogens with zero attached hydrogens (tertiary/aromatic N) is 1. The van der Waals surface area contributed by atoms with Gasteiger partial charge in [-0.1, -0.05) is 17.7 Å². The number of halogens is 1. The lowest BCUT2D eigenvalue weighted by Gasteiger charge is -2.03. The smallest absolute Gasteiger partial charge is 0.0994 e. The van der Waals surface area contributed by atoms with Gasteiger partial charge in [0.15, 0.2) is 0 Å². The molecule has 0 saturated heterocycles. The normalized spacial score (nSPS) is 9.62. The van der Waals surface area contributed by atoms with Crippen molar-refractivity contribution in [1.29, 1.82) is 5.26 Å². The van der Waals surface area contributed by atoms with Crippen LogP contribution in [0.4, 0.5) is 0 Å². The van der Waals surface area contributed by atoms with Crippen LogP contribution in [0.25, 0.3) is 0 Å². The minimum Gasteiger partial charge on any atom is -0.192 e. The van der Waals surface area contributed by atoms with E-state index in [0.29, 0.717) is 5.88 Å². The van der Waals surface area contributed by atoms with Crippen molar-refractivity contribution in [2.75, 3.05) is 5.88 Å². The van der Waals surface area contributed by atoms with Gasteiger partial charge in [-0.15, -0.1) is 11.6 Å². The molecule has 1 nitrogen and oxygen atoms in total. The van der Waals surface area contributed by atoms with Crippen LogP contribution < -0.4 is 0 Å². The highest BCUT2D eigenvalue weighted by molar-refractivity contribution is 6.17. The molecule has 0 aliphatic rings. The number of benzene rings is 1. The first-order chi connectivity index (χ1) is 6.27. The molecule has 1 aromatic rings. The van der Waals surface area contributed by atoms with Crippen molar-refractivity contribution in [3.05, 3.63) is 34.9 Å². The van der Waals surface area contributed by atoms with E-state index in [1.807, 2.05) is 19.1 Å². The summed E-state index contributed by atoms with van der Waals surface area (Å²) in [7, 11) is 0. The number of hydrogen-bond donors (Lipinski definition) is 0. The SMILES string of the molecule is Cc1ccc(C#N)c(CCCCl)c1. The maximum absolute atomic E-state index is 8.83. The lowest BCUT2D eigenvalue weighted by Crippen LogP contribution is -1.92. The van der Waals surface area contributed by atoms with E-state index in [1.54, 1.807) is 0 Å². The summed E-state index contributed by atoms with van der Waals surface area (Å²) in [5, 5.41) is 8.83. The Morgan fingerprint density at radius 3 is 2.85 bits per heavy atom. The fourth-order valence-corrected chi connectivity index (χ4v) is 1.43. The molecule has 2 heteroatoms. The van der Waals surface area contributed by atoms with Crippen LogP contribution in [-0.2, 0) is 6.42 Å². The van der Waals surface area contributed by atoms with Crippen molar-refractivity contribution in [3.8, 4) is 6.07 Å². The Labute approximate surface area is 84.0 Å². The zero-order valence-corrected chi connectivity index (χ0v) is 8.43. The molecule has 0 N–H and O–H groups in total. The molecule has 13 heavy (non-hydrogen) atoms. The molecule has 1 rings (SSSR count). The highest BCUT2D eigenvalue weighted by Gasteiger charge is 2.00. The molecule has 0 radical (unpaired) electrons. The Hall–Kier alpha value is -1.00. The van der Waals surface area contributed by atoms with Gasteiger partial charge < -0.3 is 0 Å². The summed E-state index contributed by atoms with van der Waals surface area (Å²) < 4.78 is 0. The standard InChI is InChI=1S/C11H12ClN/c1-9-4-5-11(8-13)10(7-9)3-2-6-12/h4-5,7H,2-3,6H2,1H3. The third-order valence-electron chi connectivity index (χ3n) is 1.96. The Morgan fingerprint density at radius 2 is 2.23 bits per heavy atom. The Kier molecular flexibility index (Phi) is 3.79. The first-order valence-corrected chi connectivity index (χ1v) is 4.87. The van der Waals surface area contributed by atoms with Gasteiger partial charge in [-0.05, 0) is 31.4 Å². The lowest BCUT2D eigenvalue weighted by molar-refractivity contribution is 0.923. The molecule has 0 aromatic heterocycles. The summed E-state index contributed by atoms with van der Waals surface area (Å²) in [5.74, 6) is 0.652. The van der Waals surface area contributed by atoms with Crippen molar-refractivity contribution in [2.45, 2.75) is 19.8 Å². The molecule has 1 aromatic carbocycles. The molecule has 0 fully saturated rings. The summed E-state index contributed by atoms with van der Waals surface area (Å²) >= 11 is 5.60. The molecule has 0 saturated carbocycles. The molecule has 0 atom stereocenters. The van der Waals surface area contributed by atoms with Gasteiger partial charge in [0.05, 0.1) is 11.6 Å². The zero-order chi connectivity index (χ0) is 9.68. The molecule has 68 valence electrons. The van der Waals surface area contributed by atoms with Crippen LogP contribution in [0.5, 0.6) is 0 Å². The molecule has 0 aliphatic carbocycles. The third-order valence-corrected chi connectivity index (χ3v) is 2.23. The van der Waals surface area contributed by atoms with Crippen LogP contribution in [-0.4, -0.2) is 5.88 Å². The highest BCUT2D eigenvalue weighted by Crippen LogP contribution is 2.13. The van der Waals surface area contributed by atoms with E-state index in [2.05, 4.69) is 12.1 Å². The largest absolute Gasteiger partial charge is 0.192 e. The van der Waals surface area contributed by atoms with E-state index < -0.39 is 0 Å². The van der Waals surface area contributed by atoms with E-state index in [4.69, 9.17) is 16.9 Å². The van der Waals surface area contributed by atoms with Crippen LogP contribution in [0.3, 0.4) is 0 Å². The summed E-state index contributed by atoms with van der Waals surface area (Å²) in [6, 6.07) is 8.08. The Morgan fingerprint density at radius 1 is 1.46 bits per heavy atom. The lowest BCUT2D eigenvalue weighted by atomic mass is 10.0. The quantitative estimate of drug-likeness (QED) is 0.677. The predicted molar refractivity (Wildman–Crippen MR) is 54.9 cm³/mol. The van der Waals surface area contributed by atoms with Crippen molar-refractivity contribution in [3.63, 3.8) is 0 Å². The second-order valence-corrected chi connectivity index (χ2v) is 3.44. The molecule has 0 aliphatic heterocycles. The summed E-state index contributed by atoms with van der Waals surface area (Å²) in [5.41, 5.74) is 3.09. The Bertz CT molecular complexity index is 325. The van der Waals surface area contributed by atoms with Crippen LogP contribution in [0.1, 0.15) is 23.1 Å². The molecular formula is C11H12ClN. The van der Waals surface area contributed by atoms with Gasteiger partial charge >= 0.3 is 0 Å². The predicted octanol–water partition coefficient (Wildman–Crippen LogP) is 3.04. The average Bonchev–Trinajstić information content (AvgIpc) is 2.15. The second-order valence-electron chi connectivity index (χ2n) is 3.06. The molecular weight excluding hydrogens is 182 g/mol. The van der Waals surface area contributed by atoms with Gasteiger partial charge in [-0.25, -0.2) is 0 Å². The van der Waals surface area contributed by atoms with Crippen LogP contribution >= 0.6 is 11.6 Å². The number of aryl methyl sites for hydroxylation is 2. The topological polar surface area (TPSA) is 23.8 Å². The molecule has 0 unspecified atom stereocenters. The molecule has 0 spiro atoms. The monoisotopic (exact) mass is 193 g/mol. The third kappa shape index (κ3) is 2.75. The fourth-order valence-electron chi connectivity index (χ4n) is 1.30. The second kappa shape index (κ2) is 4.89. The number of rotatable bonds is 3. The van der Waals surface area contributed by atoms with E-state index in [-0.39, 0.29) is 0 Å². The van der Waals surface area contributed by atoms with Gasteiger partial charge in [0, 0.05) is 5.88 Å². The number of hydrogen-bond acceptors (Lipinski definition) is 1. The van der Waals surface area contributed by atoms with E-state index in [0.717, 1.165) is 24.0 Å². The van der Waals surface area contributed by atoms with Gasteiger partial charge in [0.1, 0.15) is 0 Å². The van der Waals surface area contributed by atoms with Crippen molar-refractivity contribution >= 4 is 11.6 Å². The van der Waals surface area contributed by atoms with E-state index in [9.17, 15) is 0 Å². The van der Waals surface area contributed by atoms with Gasteiger partial charge in [0.2, 0.25) is 0 Å². The zero-order valence-electron chi connectivity index (χ0n) is 7.68. The van der Waals surface area contributed by atoms with Crippen LogP contribution in [0, 0.1) is 18.3 Å². The number of nitriles is 1. The highest BCUT2D eigenvalue weighted by atomic mass is 35.5. The maximum Gasteiger partial charge on any atom is 0.0994 e. The van der Waals surface area contributed by atoms with Crippen LogP contribution in [0.2, 0.25) is 0 Å². The molecule has 0 bridgehead atoms. The average molecular weight is 194 g/mol. The fraction of sp³-hybridized carbons (Fsp3) is 0.364. The first kappa shape index (κ1) is 10.1. The minimum atomic E-state index is 0.652. The minimum absolute atomic E-state index is 0.652. The Balaban J connectivity index is 2.89. The molecule has 0 amide bonds. The summed E-state index contributed by atoms with van der Waals surface area (Å²) in [6.07, 6.45) is 1.83. The van der Waals surface area contributed by atoms with Gasteiger partial charge in [-0.2, -0.15) is 5.26 Å². The number of alkyl halides is 1. The van der Waals surface area contributed by atoms with Crippen molar-refractivity contribution in [2.24, 2.45) is 0 Å². The van der Waals surface area contributed by atoms with E-state index in [1.165, 1.54) is 5.56 Å². The van der Waals surface area contributed by atoms with Gasteiger partial charge in [-0.3, -0.25) is 0 Å². The van der Waals surface area contributed by atoms with E-state index >= 15 is 0 Å². The summed E-state index contributed by atoms with van der Waals surface area (Å²) in [4.78, 5) is 0. The first-order valence-electron chi connectivity index (χ1n) is 4.33. The maximum atomic E-state index is 8.83.